The third kappa shape index (κ3) is 3.59. The smallest absolute Gasteiger partial charge is 0.188 e. The topological polar surface area (TPSA) is 70.1 Å². The van der Waals surface area contributed by atoms with Crippen LogP contribution in [-0.2, 0) is 0 Å². The van der Waals surface area contributed by atoms with E-state index in [1.54, 1.807) is 0 Å². The summed E-state index contributed by atoms with van der Waals surface area (Å²) in [7, 11) is 0. The summed E-state index contributed by atoms with van der Waals surface area (Å²) in [5.74, 6) is 0.763. The molecule has 10 rings (SSSR count). The van der Waals surface area contributed by atoms with Crippen LogP contribution >= 0.6 is 0 Å². The molecule has 2 aromatic heterocycles. The summed E-state index contributed by atoms with van der Waals surface area (Å²) in [6.45, 7) is 0. The van der Waals surface area contributed by atoms with E-state index in [0.717, 1.165) is 78.2 Å². The molecule has 7 heteroatoms. The molecule has 216 valence electrons. The Balaban J connectivity index is 1.14. The van der Waals surface area contributed by atoms with Crippen molar-refractivity contribution in [2.75, 3.05) is 15.1 Å². The van der Waals surface area contributed by atoms with Crippen molar-refractivity contribution in [2.45, 2.75) is 6.29 Å². The molecule has 2 aliphatic rings. The summed E-state index contributed by atoms with van der Waals surface area (Å²) < 4.78 is 0. The SMILES string of the molecule is c1ccc(-c2cccc(-c3cnc4c(n3)c3ccccc3c3nc(N5c6ccccc6N6c7ccccc7NC56)cnc34)c2)cc1. The Kier molecular flexibility index (Phi) is 5.21. The first-order valence-corrected chi connectivity index (χ1v) is 15.3. The summed E-state index contributed by atoms with van der Waals surface area (Å²) in [6, 6.07) is 44.0. The highest BCUT2D eigenvalue weighted by Gasteiger charge is 2.43. The van der Waals surface area contributed by atoms with Crippen LogP contribution in [0.1, 0.15) is 0 Å². The Morgan fingerprint density at radius 3 is 1.89 bits per heavy atom. The molecule has 46 heavy (non-hydrogen) atoms. The van der Waals surface area contributed by atoms with Crippen LogP contribution in [-0.4, -0.2) is 26.2 Å². The summed E-state index contributed by atoms with van der Waals surface area (Å²) in [6.07, 6.45) is 3.56. The number of anilines is 5. The van der Waals surface area contributed by atoms with Gasteiger partial charge >= 0.3 is 0 Å². The highest BCUT2D eigenvalue weighted by molar-refractivity contribution is 6.21. The predicted octanol–water partition coefficient (Wildman–Crippen LogP) is 9.06. The molecule has 8 aromatic rings. The molecule has 0 aliphatic carbocycles. The van der Waals surface area contributed by atoms with Crippen molar-refractivity contribution in [1.82, 2.24) is 19.9 Å². The Labute approximate surface area is 264 Å². The Bertz CT molecular complexity index is 2470. The zero-order chi connectivity index (χ0) is 30.2. The lowest BCUT2D eigenvalue weighted by atomic mass is 10.0. The van der Waals surface area contributed by atoms with E-state index in [0.29, 0.717) is 0 Å². The van der Waals surface area contributed by atoms with Crippen molar-refractivity contribution in [1.29, 1.82) is 0 Å². The Morgan fingerprint density at radius 1 is 0.478 bits per heavy atom. The van der Waals surface area contributed by atoms with E-state index in [2.05, 4.69) is 124 Å². The fourth-order valence-corrected chi connectivity index (χ4v) is 6.97. The standard InChI is InChI=1S/C39H25N7/c1-2-11-24(12-3-1)25-13-10-14-26(21-25)30-22-40-37-35(42-30)27-15-4-5-16-28(27)36-38(37)41-23-34(44-36)46-33-20-9-8-19-32(33)45-31-18-7-6-17-29(31)43-39(45)46/h1-23,39,43H. The molecule has 1 atom stereocenters. The molecule has 0 bridgehead atoms. The zero-order valence-corrected chi connectivity index (χ0v) is 24.5. The minimum Gasteiger partial charge on any atom is -0.346 e. The van der Waals surface area contributed by atoms with E-state index in [1.807, 2.05) is 30.6 Å². The molecule has 7 nitrogen and oxygen atoms in total. The summed E-state index contributed by atoms with van der Waals surface area (Å²) >= 11 is 0. The number of hydrogen-bond donors (Lipinski definition) is 1. The first kappa shape index (κ1) is 25.0. The van der Waals surface area contributed by atoms with Gasteiger partial charge in [0.1, 0.15) is 16.6 Å². The first-order valence-electron chi connectivity index (χ1n) is 15.3. The van der Waals surface area contributed by atoms with Crippen molar-refractivity contribution in [3.05, 3.63) is 140 Å². The van der Waals surface area contributed by atoms with Crippen LogP contribution in [0.5, 0.6) is 0 Å². The lowest BCUT2D eigenvalue weighted by Crippen LogP contribution is -2.40. The molecular formula is C39H25N7. The van der Waals surface area contributed by atoms with Crippen molar-refractivity contribution in [3.8, 4) is 22.4 Å². The van der Waals surface area contributed by atoms with Gasteiger partial charge in [-0.3, -0.25) is 9.80 Å². The second-order valence-corrected chi connectivity index (χ2v) is 11.6. The fraction of sp³-hybridized carbons (Fsp3) is 0.0256. The minimum atomic E-state index is -0.151. The van der Waals surface area contributed by atoms with Crippen LogP contribution in [0.3, 0.4) is 0 Å². The molecule has 2 aliphatic heterocycles. The molecular weight excluding hydrogens is 566 g/mol. The summed E-state index contributed by atoms with van der Waals surface area (Å²) in [5, 5.41) is 5.70. The number of hydrogen-bond acceptors (Lipinski definition) is 7. The molecule has 0 radical (unpaired) electrons. The summed E-state index contributed by atoms with van der Waals surface area (Å²) in [4.78, 5) is 25.1. The van der Waals surface area contributed by atoms with Crippen LogP contribution in [0, 0.1) is 0 Å². The molecule has 6 aromatic carbocycles. The van der Waals surface area contributed by atoms with E-state index >= 15 is 0 Å². The van der Waals surface area contributed by atoms with Gasteiger partial charge in [-0.1, -0.05) is 97.1 Å². The molecule has 0 saturated carbocycles. The monoisotopic (exact) mass is 591 g/mol. The molecule has 0 spiro atoms. The third-order valence-electron chi connectivity index (χ3n) is 9.04. The predicted molar refractivity (Wildman–Crippen MR) is 186 cm³/mol. The lowest BCUT2D eigenvalue weighted by Gasteiger charge is -2.26. The first-order chi connectivity index (χ1) is 22.8. The maximum absolute atomic E-state index is 5.31. The van der Waals surface area contributed by atoms with Gasteiger partial charge in [-0.15, -0.1) is 0 Å². The second kappa shape index (κ2) is 9.58. The van der Waals surface area contributed by atoms with E-state index in [1.165, 1.54) is 5.56 Å². The van der Waals surface area contributed by atoms with Crippen molar-refractivity contribution in [2.24, 2.45) is 0 Å². The van der Waals surface area contributed by atoms with E-state index in [4.69, 9.17) is 19.9 Å². The maximum atomic E-state index is 5.31. The number of aromatic nitrogens is 4. The van der Waals surface area contributed by atoms with Gasteiger partial charge in [0.2, 0.25) is 0 Å². The quantitative estimate of drug-likeness (QED) is 0.206. The molecule has 1 N–H and O–H groups in total. The summed E-state index contributed by atoms with van der Waals surface area (Å²) in [5.41, 5.74) is 11.7. The number of nitrogens with one attached hydrogen (secondary N) is 1. The van der Waals surface area contributed by atoms with Gasteiger partial charge in [-0.05, 0) is 41.5 Å². The van der Waals surface area contributed by atoms with Gasteiger partial charge in [0.15, 0.2) is 12.1 Å². The van der Waals surface area contributed by atoms with E-state index < -0.39 is 0 Å². The van der Waals surface area contributed by atoms with Crippen molar-refractivity contribution in [3.63, 3.8) is 0 Å². The lowest BCUT2D eigenvalue weighted by molar-refractivity contribution is 0.797. The molecule has 1 unspecified atom stereocenters. The highest BCUT2D eigenvalue weighted by atomic mass is 15.5. The number of fused-ring (bicyclic) bond motifs is 11. The highest BCUT2D eigenvalue weighted by Crippen LogP contribution is 2.52. The fourth-order valence-electron chi connectivity index (χ4n) is 6.97. The van der Waals surface area contributed by atoms with Gasteiger partial charge in [0.25, 0.3) is 0 Å². The van der Waals surface area contributed by atoms with Crippen molar-refractivity contribution < 1.29 is 0 Å². The average Bonchev–Trinajstić information content (AvgIpc) is 3.66. The van der Waals surface area contributed by atoms with E-state index in [-0.39, 0.29) is 6.29 Å². The maximum Gasteiger partial charge on any atom is 0.188 e. The van der Waals surface area contributed by atoms with Gasteiger partial charge in [-0.25, -0.2) is 19.9 Å². The van der Waals surface area contributed by atoms with Gasteiger partial charge in [0, 0.05) is 16.3 Å². The van der Waals surface area contributed by atoms with Crippen LogP contribution < -0.4 is 15.1 Å². The van der Waals surface area contributed by atoms with Crippen LogP contribution in [0.4, 0.5) is 28.6 Å². The Hall–Kier alpha value is -6.34. The minimum absolute atomic E-state index is 0.151. The number of para-hydroxylation sites is 4. The largest absolute Gasteiger partial charge is 0.346 e. The zero-order valence-electron chi connectivity index (χ0n) is 24.5. The molecule has 0 saturated heterocycles. The van der Waals surface area contributed by atoms with Gasteiger partial charge < -0.3 is 5.32 Å². The van der Waals surface area contributed by atoms with E-state index in [9.17, 15) is 0 Å². The van der Waals surface area contributed by atoms with Crippen molar-refractivity contribution >= 4 is 61.4 Å². The molecule has 4 heterocycles. The molecule has 0 fully saturated rings. The number of nitrogens with zero attached hydrogens (tertiary/aromatic N) is 6. The Morgan fingerprint density at radius 2 is 1.09 bits per heavy atom. The average molecular weight is 592 g/mol. The number of benzene rings is 6. The van der Waals surface area contributed by atoms with Gasteiger partial charge in [-0.2, -0.15) is 0 Å². The van der Waals surface area contributed by atoms with Crippen LogP contribution in [0.25, 0.3) is 55.2 Å². The van der Waals surface area contributed by atoms with Gasteiger partial charge in [0.05, 0.1) is 46.4 Å². The molecule has 0 amide bonds. The normalized spacial score (nSPS) is 14.8. The van der Waals surface area contributed by atoms with Crippen LogP contribution in [0.15, 0.2) is 140 Å². The third-order valence-corrected chi connectivity index (χ3v) is 9.04. The number of rotatable bonds is 3. The second-order valence-electron chi connectivity index (χ2n) is 11.6. The van der Waals surface area contributed by atoms with Crippen LogP contribution in [0.2, 0.25) is 0 Å².